The quantitative estimate of drug-likeness (QED) is 0.666. The van der Waals surface area contributed by atoms with Crippen molar-refractivity contribution in [2.24, 2.45) is 0 Å². The van der Waals surface area contributed by atoms with Crippen LogP contribution in [0.4, 0.5) is 4.39 Å². The SMILES string of the molecule is O=S(=O)(c1ccc(S(=O)(=O)N(Cc2ccccc2F)C2CC2)cc1)N1CCCC1. The predicted octanol–water partition coefficient (Wildman–Crippen LogP) is 2.96. The summed E-state index contributed by atoms with van der Waals surface area (Å²) < 4.78 is 68.5. The summed E-state index contributed by atoms with van der Waals surface area (Å²) in [6, 6.07) is 11.3. The largest absolute Gasteiger partial charge is 0.243 e. The van der Waals surface area contributed by atoms with E-state index in [-0.39, 0.29) is 22.4 Å². The molecule has 29 heavy (non-hydrogen) atoms. The van der Waals surface area contributed by atoms with Crippen LogP contribution in [-0.4, -0.2) is 44.6 Å². The molecule has 156 valence electrons. The van der Waals surface area contributed by atoms with E-state index in [0.717, 1.165) is 25.7 Å². The van der Waals surface area contributed by atoms with Gasteiger partial charge in [0, 0.05) is 31.2 Å². The molecule has 0 amide bonds. The molecular weight excluding hydrogens is 415 g/mol. The first kappa shape index (κ1) is 20.5. The number of hydrogen-bond acceptors (Lipinski definition) is 4. The van der Waals surface area contributed by atoms with Gasteiger partial charge in [0.15, 0.2) is 0 Å². The normalized spacial score (nSPS) is 18.4. The zero-order chi connectivity index (χ0) is 20.6. The van der Waals surface area contributed by atoms with E-state index >= 15 is 0 Å². The average molecular weight is 439 g/mol. The molecule has 2 fully saturated rings. The summed E-state index contributed by atoms with van der Waals surface area (Å²) in [5.74, 6) is -0.444. The Bertz CT molecular complexity index is 1090. The molecule has 9 heteroatoms. The fourth-order valence-electron chi connectivity index (χ4n) is 3.56. The maximum atomic E-state index is 14.1. The molecule has 2 aliphatic rings. The Balaban J connectivity index is 1.61. The number of halogens is 1. The molecule has 0 atom stereocenters. The zero-order valence-corrected chi connectivity index (χ0v) is 17.5. The van der Waals surface area contributed by atoms with Gasteiger partial charge in [0.1, 0.15) is 5.82 Å². The van der Waals surface area contributed by atoms with E-state index in [9.17, 15) is 21.2 Å². The standard InChI is InChI=1S/C20H23FN2O4S2/c21-20-6-2-1-5-16(20)15-23(17-7-8-17)29(26,27)19-11-9-18(10-12-19)28(24,25)22-13-3-4-14-22/h1-2,5-6,9-12,17H,3-4,7-8,13-15H2. The van der Waals surface area contributed by atoms with Crippen LogP contribution in [0, 0.1) is 5.82 Å². The molecule has 2 aromatic rings. The van der Waals surface area contributed by atoms with Crippen LogP contribution < -0.4 is 0 Å². The second kappa shape index (κ2) is 7.79. The van der Waals surface area contributed by atoms with Crippen LogP contribution in [-0.2, 0) is 26.6 Å². The topological polar surface area (TPSA) is 74.8 Å². The summed E-state index contributed by atoms with van der Waals surface area (Å²) in [7, 11) is -7.48. The number of nitrogens with zero attached hydrogens (tertiary/aromatic N) is 2. The minimum Gasteiger partial charge on any atom is -0.207 e. The summed E-state index contributed by atoms with van der Waals surface area (Å²) in [5, 5.41) is 0. The van der Waals surface area contributed by atoms with Crippen LogP contribution in [0.25, 0.3) is 0 Å². The van der Waals surface area contributed by atoms with Gasteiger partial charge in [0.25, 0.3) is 0 Å². The van der Waals surface area contributed by atoms with Crippen molar-refractivity contribution in [2.45, 2.75) is 48.1 Å². The van der Waals surface area contributed by atoms with Crippen LogP contribution in [0.15, 0.2) is 58.3 Å². The summed E-state index contributed by atoms with van der Waals surface area (Å²) in [4.78, 5) is 0.103. The van der Waals surface area contributed by atoms with Gasteiger partial charge in [-0.05, 0) is 56.0 Å². The molecule has 0 N–H and O–H groups in total. The van der Waals surface area contributed by atoms with E-state index < -0.39 is 25.9 Å². The smallest absolute Gasteiger partial charge is 0.207 e. The molecule has 1 heterocycles. The van der Waals surface area contributed by atoms with E-state index in [1.165, 1.54) is 38.9 Å². The molecule has 2 aromatic carbocycles. The van der Waals surface area contributed by atoms with Crippen LogP contribution in [0.3, 0.4) is 0 Å². The fourth-order valence-corrected chi connectivity index (χ4v) is 6.74. The van der Waals surface area contributed by atoms with Crippen molar-refractivity contribution in [1.29, 1.82) is 0 Å². The minimum atomic E-state index is -3.88. The van der Waals surface area contributed by atoms with Crippen LogP contribution in [0.2, 0.25) is 0 Å². The first-order valence-electron chi connectivity index (χ1n) is 9.65. The lowest BCUT2D eigenvalue weighted by Gasteiger charge is -2.22. The Morgan fingerprint density at radius 1 is 0.897 bits per heavy atom. The van der Waals surface area contributed by atoms with Crippen LogP contribution >= 0.6 is 0 Å². The highest BCUT2D eigenvalue weighted by Gasteiger charge is 2.38. The lowest BCUT2D eigenvalue weighted by atomic mass is 10.2. The van der Waals surface area contributed by atoms with Crippen molar-refractivity contribution < 1.29 is 21.2 Å². The van der Waals surface area contributed by atoms with Crippen molar-refractivity contribution in [1.82, 2.24) is 8.61 Å². The van der Waals surface area contributed by atoms with Crippen molar-refractivity contribution in [3.8, 4) is 0 Å². The lowest BCUT2D eigenvalue weighted by Crippen LogP contribution is -2.33. The molecule has 0 spiro atoms. The highest BCUT2D eigenvalue weighted by molar-refractivity contribution is 7.89. The Hall–Kier alpha value is -1.81. The van der Waals surface area contributed by atoms with Gasteiger partial charge in [-0.15, -0.1) is 0 Å². The Kier molecular flexibility index (Phi) is 5.50. The van der Waals surface area contributed by atoms with E-state index in [2.05, 4.69) is 0 Å². The predicted molar refractivity (Wildman–Crippen MR) is 107 cm³/mol. The van der Waals surface area contributed by atoms with Crippen molar-refractivity contribution in [3.05, 3.63) is 59.9 Å². The Labute approximate surface area is 171 Å². The summed E-state index contributed by atoms with van der Waals surface area (Å²) in [5.41, 5.74) is 0.316. The Morgan fingerprint density at radius 3 is 2.07 bits per heavy atom. The van der Waals surface area contributed by atoms with E-state index in [1.54, 1.807) is 18.2 Å². The van der Waals surface area contributed by atoms with Crippen molar-refractivity contribution >= 4 is 20.0 Å². The Morgan fingerprint density at radius 2 is 1.48 bits per heavy atom. The zero-order valence-electron chi connectivity index (χ0n) is 15.9. The number of sulfonamides is 2. The molecular formula is C20H23FN2O4S2. The molecule has 6 nitrogen and oxygen atoms in total. The van der Waals surface area contributed by atoms with Crippen LogP contribution in [0.1, 0.15) is 31.2 Å². The van der Waals surface area contributed by atoms with Gasteiger partial charge in [-0.2, -0.15) is 8.61 Å². The monoisotopic (exact) mass is 438 g/mol. The van der Waals surface area contributed by atoms with Crippen LogP contribution in [0.5, 0.6) is 0 Å². The number of hydrogen-bond donors (Lipinski definition) is 0. The van der Waals surface area contributed by atoms with Gasteiger partial charge in [-0.3, -0.25) is 0 Å². The third kappa shape index (κ3) is 4.09. The van der Waals surface area contributed by atoms with Crippen molar-refractivity contribution in [3.63, 3.8) is 0 Å². The van der Waals surface area contributed by atoms with Gasteiger partial charge in [-0.25, -0.2) is 21.2 Å². The van der Waals surface area contributed by atoms with E-state index in [4.69, 9.17) is 0 Å². The molecule has 0 aromatic heterocycles. The van der Waals surface area contributed by atoms with Gasteiger partial charge in [0.05, 0.1) is 9.79 Å². The molecule has 1 aliphatic heterocycles. The maximum Gasteiger partial charge on any atom is 0.243 e. The maximum absolute atomic E-state index is 14.1. The third-order valence-corrected chi connectivity index (χ3v) is 9.20. The third-order valence-electron chi connectivity index (χ3n) is 5.37. The second-order valence-electron chi connectivity index (χ2n) is 7.46. The summed E-state index contributed by atoms with van der Waals surface area (Å²) >= 11 is 0. The summed E-state index contributed by atoms with van der Waals surface area (Å²) in [6.45, 7) is 0.925. The van der Waals surface area contributed by atoms with Crippen molar-refractivity contribution in [2.75, 3.05) is 13.1 Å². The summed E-state index contributed by atoms with van der Waals surface area (Å²) in [6.07, 6.45) is 3.13. The van der Waals surface area contributed by atoms with Gasteiger partial charge >= 0.3 is 0 Å². The molecule has 1 saturated carbocycles. The molecule has 4 rings (SSSR count). The van der Waals surface area contributed by atoms with Gasteiger partial charge in [0.2, 0.25) is 20.0 Å². The highest BCUT2D eigenvalue weighted by Crippen LogP contribution is 2.34. The highest BCUT2D eigenvalue weighted by atomic mass is 32.2. The van der Waals surface area contributed by atoms with Gasteiger partial charge in [-0.1, -0.05) is 18.2 Å². The molecule has 0 bridgehead atoms. The van der Waals surface area contributed by atoms with Gasteiger partial charge < -0.3 is 0 Å². The fraction of sp³-hybridized carbons (Fsp3) is 0.400. The second-order valence-corrected chi connectivity index (χ2v) is 11.3. The average Bonchev–Trinajstić information content (AvgIpc) is 3.38. The number of benzene rings is 2. The molecule has 1 saturated heterocycles. The lowest BCUT2D eigenvalue weighted by molar-refractivity contribution is 0.391. The van der Waals surface area contributed by atoms with E-state index in [1.807, 2.05) is 0 Å². The number of rotatable bonds is 7. The first-order valence-corrected chi connectivity index (χ1v) is 12.5. The first-order chi connectivity index (χ1) is 13.8. The minimum absolute atomic E-state index is 0.0149. The molecule has 0 radical (unpaired) electrons. The van der Waals surface area contributed by atoms with E-state index in [0.29, 0.717) is 18.7 Å². The molecule has 1 aliphatic carbocycles. The molecule has 0 unspecified atom stereocenters.